The Balaban J connectivity index is 1.66. The van der Waals surface area contributed by atoms with Crippen LogP contribution >= 0.6 is 11.8 Å². The van der Waals surface area contributed by atoms with Crippen LogP contribution in [0, 0.1) is 0 Å². The molecule has 1 fully saturated rings. The number of carbonyl (C=O) groups is 3. The second-order valence-corrected chi connectivity index (χ2v) is 7.18. The number of hydrazine groups is 1. The molecular weight excluding hydrogens is 384 g/mol. The third-order valence-electron chi connectivity index (χ3n) is 4.40. The van der Waals surface area contributed by atoms with Gasteiger partial charge < -0.3 is 10.1 Å². The van der Waals surface area contributed by atoms with E-state index >= 15 is 0 Å². The van der Waals surface area contributed by atoms with Crippen LogP contribution in [0.5, 0.6) is 5.75 Å². The quantitative estimate of drug-likeness (QED) is 0.524. The average molecular weight is 404 g/mol. The molecule has 0 radical (unpaired) electrons. The zero-order valence-corrected chi connectivity index (χ0v) is 16.4. The van der Waals surface area contributed by atoms with E-state index in [1.54, 1.807) is 31.6 Å². The number of aromatic nitrogens is 3. The smallest absolute Gasteiger partial charge is 0.344 e. The predicted octanol–water partition coefficient (Wildman–Crippen LogP) is 1.12. The summed E-state index contributed by atoms with van der Waals surface area (Å²) in [7, 11) is 1.56. The van der Waals surface area contributed by atoms with Gasteiger partial charge in [-0.1, -0.05) is 30.8 Å². The number of hydrogen-bond donors (Lipinski definition) is 2. The molecule has 0 aliphatic carbocycles. The summed E-state index contributed by atoms with van der Waals surface area (Å²) >= 11 is 1.12. The molecule has 1 aliphatic rings. The van der Waals surface area contributed by atoms with Gasteiger partial charge in [0.15, 0.2) is 5.16 Å². The molecule has 28 heavy (non-hydrogen) atoms. The molecule has 1 aliphatic heterocycles. The topological polar surface area (TPSA) is 118 Å². The molecule has 10 nitrogen and oxygen atoms in total. The largest absolute Gasteiger partial charge is 0.495 e. The standard InChI is InChI=1S/C17H20N6O4S/c1-4-17(2)14(25)23(15(26)19-17)21-13(24)9-28-16-20-18-10-22(16)11-7-5-6-8-12(11)27-3/h5-8,10H,4,9H2,1-3H3,(H,19,26)(H,21,24). The van der Waals surface area contributed by atoms with Gasteiger partial charge in [0.05, 0.1) is 18.6 Å². The third kappa shape index (κ3) is 3.65. The summed E-state index contributed by atoms with van der Waals surface area (Å²) in [5.41, 5.74) is 2.06. The highest BCUT2D eigenvalue weighted by Gasteiger charge is 2.47. The van der Waals surface area contributed by atoms with Crippen molar-refractivity contribution in [1.82, 2.24) is 30.5 Å². The molecule has 11 heteroatoms. The van der Waals surface area contributed by atoms with Crippen LogP contribution in [0.2, 0.25) is 0 Å². The van der Waals surface area contributed by atoms with Gasteiger partial charge in [-0.05, 0) is 25.5 Å². The lowest BCUT2D eigenvalue weighted by atomic mass is 10.00. The van der Waals surface area contributed by atoms with Crippen molar-refractivity contribution in [2.75, 3.05) is 12.9 Å². The van der Waals surface area contributed by atoms with Crippen molar-refractivity contribution in [1.29, 1.82) is 0 Å². The fourth-order valence-corrected chi connectivity index (χ4v) is 3.34. The van der Waals surface area contributed by atoms with E-state index in [2.05, 4.69) is 20.9 Å². The van der Waals surface area contributed by atoms with Gasteiger partial charge in [-0.3, -0.25) is 19.6 Å². The van der Waals surface area contributed by atoms with Crippen LogP contribution in [0.15, 0.2) is 35.7 Å². The number of rotatable bonds is 7. The van der Waals surface area contributed by atoms with Gasteiger partial charge in [0, 0.05) is 0 Å². The maximum Gasteiger partial charge on any atom is 0.344 e. The molecule has 148 valence electrons. The molecule has 0 saturated carbocycles. The van der Waals surface area contributed by atoms with Crippen molar-refractivity contribution in [2.45, 2.75) is 31.0 Å². The molecule has 2 N–H and O–H groups in total. The first-order valence-corrected chi connectivity index (χ1v) is 9.50. The number of hydrogen-bond acceptors (Lipinski definition) is 7. The third-order valence-corrected chi connectivity index (χ3v) is 5.34. The van der Waals surface area contributed by atoms with Crippen LogP contribution in [-0.2, 0) is 9.59 Å². The number of carbonyl (C=O) groups excluding carboxylic acids is 3. The van der Waals surface area contributed by atoms with Gasteiger partial charge in [0.2, 0.25) is 5.91 Å². The highest BCUT2D eigenvalue weighted by atomic mass is 32.2. The molecular formula is C17H20N6O4S. The van der Waals surface area contributed by atoms with Crippen molar-refractivity contribution >= 4 is 29.6 Å². The number of imide groups is 1. The molecule has 1 saturated heterocycles. The fraction of sp³-hybridized carbons (Fsp3) is 0.353. The summed E-state index contributed by atoms with van der Waals surface area (Å²) in [4.78, 5) is 36.6. The van der Waals surface area contributed by atoms with E-state index in [-0.39, 0.29) is 5.75 Å². The average Bonchev–Trinajstić information content (AvgIpc) is 3.25. The molecule has 4 amide bonds. The van der Waals surface area contributed by atoms with Crippen LogP contribution in [0.1, 0.15) is 20.3 Å². The van der Waals surface area contributed by atoms with Crippen molar-refractivity contribution in [3.05, 3.63) is 30.6 Å². The zero-order chi connectivity index (χ0) is 20.3. The Morgan fingerprint density at radius 1 is 1.36 bits per heavy atom. The summed E-state index contributed by atoms with van der Waals surface area (Å²) in [6.07, 6.45) is 1.93. The second-order valence-electron chi connectivity index (χ2n) is 6.24. The number of thioether (sulfide) groups is 1. The highest BCUT2D eigenvalue weighted by molar-refractivity contribution is 7.99. The first kappa shape index (κ1) is 19.7. The maximum atomic E-state index is 12.3. The minimum Gasteiger partial charge on any atom is -0.495 e. The van der Waals surface area contributed by atoms with Crippen LogP contribution in [0.25, 0.3) is 5.69 Å². The van der Waals surface area contributed by atoms with Gasteiger partial charge in [-0.15, -0.1) is 10.2 Å². The summed E-state index contributed by atoms with van der Waals surface area (Å²) in [6.45, 7) is 3.40. The number of amides is 4. The molecule has 1 unspecified atom stereocenters. The van der Waals surface area contributed by atoms with Crippen LogP contribution < -0.4 is 15.5 Å². The first-order valence-electron chi connectivity index (χ1n) is 8.52. The van der Waals surface area contributed by atoms with Crippen LogP contribution in [0.4, 0.5) is 4.79 Å². The normalized spacial score (nSPS) is 18.9. The predicted molar refractivity (Wildman–Crippen MR) is 101 cm³/mol. The van der Waals surface area contributed by atoms with Crippen molar-refractivity contribution in [3.63, 3.8) is 0 Å². The lowest BCUT2D eigenvalue weighted by molar-refractivity contribution is -0.137. The number of nitrogens with zero attached hydrogens (tertiary/aromatic N) is 4. The highest BCUT2D eigenvalue weighted by Crippen LogP contribution is 2.26. The molecule has 1 atom stereocenters. The number of para-hydroxylation sites is 2. The van der Waals surface area contributed by atoms with E-state index in [0.717, 1.165) is 22.5 Å². The summed E-state index contributed by atoms with van der Waals surface area (Å²) in [6, 6.07) is 6.69. The van der Waals surface area contributed by atoms with E-state index < -0.39 is 23.4 Å². The molecule has 1 aromatic heterocycles. The molecule has 1 aromatic carbocycles. The molecule has 0 spiro atoms. The zero-order valence-electron chi connectivity index (χ0n) is 15.6. The molecule has 0 bridgehead atoms. The van der Waals surface area contributed by atoms with Gasteiger partial charge in [-0.2, -0.15) is 5.01 Å². The number of methoxy groups -OCH3 is 1. The Hall–Kier alpha value is -3.08. The van der Waals surface area contributed by atoms with Crippen molar-refractivity contribution in [3.8, 4) is 11.4 Å². The summed E-state index contributed by atoms with van der Waals surface area (Å²) in [5, 5.41) is 11.7. The number of ether oxygens (including phenoxy) is 1. The van der Waals surface area contributed by atoms with Crippen molar-refractivity contribution < 1.29 is 19.1 Å². The van der Waals surface area contributed by atoms with Crippen LogP contribution in [0.3, 0.4) is 0 Å². The van der Waals surface area contributed by atoms with E-state index in [1.165, 1.54) is 6.33 Å². The van der Waals surface area contributed by atoms with Gasteiger partial charge in [-0.25, -0.2) is 4.79 Å². The molecule has 3 rings (SSSR count). The minimum absolute atomic E-state index is 0.0618. The Morgan fingerprint density at radius 3 is 2.79 bits per heavy atom. The minimum atomic E-state index is -1.01. The lowest BCUT2D eigenvalue weighted by Crippen LogP contribution is -2.49. The van der Waals surface area contributed by atoms with E-state index in [4.69, 9.17) is 4.74 Å². The number of urea groups is 1. The second kappa shape index (κ2) is 7.89. The molecule has 2 aromatic rings. The summed E-state index contributed by atoms with van der Waals surface area (Å²) < 4.78 is 7.03. The summed E-state index contributed by atoms with van der Waals surface area (Å²) in [5.74, 6) is -0.431. The van der Waals surface area contributed by atoms with Gasteiger partial charge in [0.1, 0.15) is 17.6 Å². The Morgan fingerprint density at radius 2 is 2.11 bits per heavy atom. The maximum absolute atomic E-state index is 12.3. The Bertz CT molecular complexity index is 917. The van der Waals surface area contributed by atoms with E-state index in [9.17, 15) is 14.4 Å². The lowest BCUT2D eigenvalue weighted by Gasteiger charge is -2.19. The van der Waals surface area contributed by atoms with Gasteiger partial charge in [0.25, 0.3) is 5.91 Å². The van der Waals surface area contributed by atoms with Crippen molar-refractivity contribution in [2.24, 2.45) is 0 Å². The first-order chi connectivity index (χ1) is 13.4. The molecule has 2 heterocycles. The SMILES string of the molecule is CCC1(C)NC(=O)N(NC(=O)CSc2nncn2-c2ccccc2OC)C1=O. The van der Waals surface area contributed by atoms with Crippen LogP contribution in [-0.4, -0.2) is 56.0 Å². The van der Waals surface area contributed by atoms with E-state index in [0.29, 0.717) is 17.3 Å². The Kier molecular flexibility index (Phi) is 5.54. The number of nitrogens with one attached hydrogen (secondary N) is 2. The van der Waals surface area contributed by atoms with Gasteiger partial charge >= 0.3 is 6.03 Å². The monoisotopic (exact) mass is 404 g/mol. The Labute approximate surface area is 165 Å². The number of benzene rings is 1. The van der Waals surface area contributed by atoms with E-state index in [1.807, 2.05) is 18.2 Å². The fourth-order valence-electron chi connectivity index (χ4n) is 2.63.